The Morgan fingerprint density at radius 3 is 2.43 bits per heavy atom. The average Bonchev–Trinajstić information content (AvgIpc) is 2.40. The van der Waals surface area contributed by atoms with Gasteiger partial charge in [-0.15, -0.1) is 0 Å². The van der Waals surface area contributed by atoms with E-state index in [-0.39, 0.29) is 5.56 Å². The summed E-state index contributed by atoms with van der Waals surface area (Å²) in [4.78, 5) is -0.775. The van der Waals surface area contributed by atoms with Crippen LogP contribution < -0.4 is 4.72 Å². The Bertz CT molecular complexity index is 590. The zero-order valence-corrected chi connectivity index (χ0v) is 13.2. The second kappa shape index (κ2) is 7.29. The van der Waals surface area contributed by atoms with E-state index in [4.69, 9.17) is 5.11 Å². The molecule has 0 aliphatic rings. The molecule has 0 aliphatic heterocycles. The zero-order chi connectivity index (χ0) is 16.2. The monoisotopic (exact) mass is 321 g/mol. The predicted molar refractivity (Wildman–Crippen MR) is 76.1 cm³/mol. The maximum Gasteiger partial charge on any atom is 0.243 e. The highest BCUT2D eigenvalue weighted by Crippen LogP contribution is 2.21. The number of hydrogen-bond donors (Lipinski definition) is 2. The summed E-state index contributed by atoms with van der Waals surface area (Å²) in [5, 5.41) is 8.97. The second-order valence-corrected chi connectivity index (χ2v) is 7.00. The number of sulfonamides is 1. The molecule has 120 valence electrons. The molecule has 1 aromatic carbocycles. The summed E-state index contributed by atoms with van der Waals surface area (Å²) >= 11 is 0. The standard InChI is InChI=1S/C14H21F2NO3S/c1-4-9(2)5-10(3)17-21(19,20)13-7-11(8-18)6-12(15)14(13)16/h6-7,9-10,17-18H,4-5,8H2,1-3H3. The Labute approximate surface area is 124 Å². The molecule has 0 radical (unpaired) electrons. The van der Waals surface area contributed by atoms with Crippen molar-refractivity contribution in [2.24, 2.45) is 5.92 Å². The summed E-state index contributed by atoms with van der Waals surface area (Å²) in [5.74, 6) is -2.42. The van der Waals surface area contributed by atoms with Gasteiger partial charge in [-0.1, -0.05) is 20.3 Å². The van der Waals surface area contributed by atoms with Crippen LogP contribution in [-0.4, -0.2) is 19.6 Å². The number of hydrogen-bond acceptors (Lipinski definition) is 3. The molecule has 2 N–H and O–H groups in total. The van der Waals surface area contributed by atoms with Gasteiger partial charge in [0, 0.05) is 6.04 Å². The van der Waals surface area contributed by atoms with Crippen LogP contribution in [0.2, 0.25) is 0 Å². The predicted octanol–water partition coefficient (Wildman–Crippen LogP) is 2.56. The SMILES string of the molecule is CCC(C)CC(C)NS(=O)(=O)c1cc(CO)cc(F)c1F. The van der Waals surface area contributed by atoms with Crippen LogP contribution >= 0.6 is 0 Å². The minimum Gasteiger partial charge on any atom is -0.392 e. The second-order valence-electron chi connectivity index (χ2n) is 5.32. The Kier molecular flexibility index (Phi) is 6.24. The van der Waals surface area contributed by atoms with E-state index in [1.807, 2.05) is 13.8 Å². The van der Waals surface area contributed by atoms with Crippen molar-refractivity contribution in [1.82, 2.24) is 4.72 Å². The van der Waals surface area contributed by atoms with E-state index in [0.717, 1.165) is 18.6 Å². The maximum atomic E-state index is 13.7. The number of benzene rings is 1. The van der Waals surface area contributed by atoms with Crippen LogP contribution in [0.5, 0.6) is 0 Å². The lowest BCUT2D eigenvalue weighted by Gasteiger charge is -2.18. The van der Waals surface area contributed by atoms with E-state index in [2.05, 4.69) is 4.72 Å². The van der Waals surface area contributed by atoms with Crippen molar-refractivity contribution >= 4 is 10.0 Å². The molecule has 0 fully saturated rings. The molecule has 4 nitrogen and oxygen atoms in total. The third kappa shape index (κ3) is 4.72. The van der Waals surface area contributed by atoms with Crippen molar-refractivity contribution in [3.8, 4) is 0 Å². The maximum absolute atomic E-state index is 13.7. The molecule has 7 heteroatoms. The zero-order valence-electron chi connectivity index (χ0n) is 12.4. The fourth-order valence-corrected chi connectivity index (χ4v) is 3.44. The van der Waals surface area contributed by atoms with Crippen molar-refractivity contribution in [1.29, 1.82) is 0 Å². The average molecular weight is 321 g/mol. The molecular formula is C14H21F2NO3S. The fraction of sp³-hybridized carbons (Fsp3) is 0.571. The quantitative estimate of drug-likeness (QED) is 0.811. The van der Waals surface area contributed by atoms with E-state index < -0.39 is 39.2 Å². The van der Waals surface area contributed by atoms with Crippen LogP contribution in [0.15, 0.2) is 17.0 Å². The molecule has 2 atom stereocenters. The first-order valence-corrected chi connectivity index (χ1v) is 8.30. The minimum absolute atomic E-state index is 0.00357. The Morgan fingerprint density at radius 2 is 1.90 bits per heavy atom. The summed E-state index contributed by atoms with van der Waals surface area (Å²) < 4.78 is 53.7. The van der Waals surface area contributed by atoms with Crippen molar-refractivity contribution in [3.05, 3.63) is 29.3 Å². The van der Waals surface area contributed by atoms with Crippen LogP contribution in [0.4, 0.5) is 8.78 Å². The summed E-state index contributed by atoms with van der Waals surface area (Å²) in [6.45, 7) is 5.08. The first-order chi connectivity index (χ1) is 9.71. The lowest BCUT2D eigenvalue weighted by molar-refractivity contribution is 0.280. The van der Waals surface area contributed by atoms with Crippen LogP contribution in [0.3, 0.4) is 0 Å². The summed E-state index contributed by atoms with van der Waals surface area (Å²) in [5.41, 5.74) is 0.00357. The third-order valence-electron chi connectivity index (χ3n) is 3.34. The number of halogens is 2. The normalized spacial score (nSPS) is 15.0. The van der Waals surface area contributed by atoms with Crippen LogP contribution in [0.25, 0.3) is 0 Å². The molecule has 21 heavy (non-hydrogen) atoms. The van der Waals surface area contributed by atoms with Crippen molar-refractivity contribution in [2.45, 2.75) is 51.2 Å². The topological polar surface area (TPSA) is 66.4 Å². The highest BCUT2D eigenvalue weighted by atomic mass is 32.2. The molecule has 0 heterocycles. The van der Waals surface area contributed by atoms with E-state index >= 15 is 0 Å². The first kappa shape index (κ1) is 18.0. The van der Waals surface area contributed by atoms with Gasteiger partial charge in [-0.25, -0.2) is 21.9 Å². The van der Waals surface area contributed by atoms with Crippen molar-refractivity contribution in [2.75, 3.05) is 0 Å². The van der Waals surface area contributed by atoms with Gasteiger partial charge in [0.05, 0.1) is 6.61 Å². The van der Waals surface area contributed by atoms with Crippen LogP contribution in [0, 0.1) is 17.6 Å². The van der Waals surface area contributed by atoms with Gasteiger partial charge in [0.25, 0.3) is 0 Å². The van der Waals surface area contributed by atoms with Gasteiger partial charge in [-0.3, -0.25) is 0 Å². The highest BCUT2D eigenvalue weighted by Gasteiger charge is 2.25. The molecule has 1 aromatic rings. The minimum atomic E-state index is -4.18. The Morgan fingerprint density at radius 1 is 1.29 bits per heavy atom. The fourth-order valence-electron chi connectivity index (χ4n) is 2.05. The van der Waals surface area contributed by atoms with Gasteiger partial charge >= 0.3 is 0 Å². The molecule has 0 saturated heterocycles. The van der Waals surface area contributed by atoms with Gasteiger partial charge in [0.2, 0.25) is 10.0 Å². The Balaban J connectivity index is 3.05. The number of nitrogens with one attached hydrogen (secondary N) is 1. The molecule has 0 spiro atoms. The number of aliphatic hydroxyl groups is 1. The summed E-state index contributed by atoms with van der Waals surface area (Å²) in [6.07, 6.45) is 1.49. The van der Waals surface area contributed by atoms with E-state index in [9.17, 15) is 17.2 Å². The molecule has 1 rings (SSSR count). The molecular weight excluding hydrogens is 300 g/mol. The lowest BCUT2D eigenvalue weighted by atomic mass is 10.0. The van der Waals surface area contributed by atoms with Gasteiger partial charge in [-0.2, -0.15) is 0 Å². The smallest absolute Gasteiger partial charge is 0.243 e. The van der Waals surface area contributed by atoms with Crippen molar-refractivity contribution in [3.63, 3.8) is 0 Å². The summed E-state index contributed by atoms with van der Waals surface area (Å²) in [7, 11) is -4.18. The largest absolute Gasteiger partial charge is 0.392 e. The Hall–Kier alpha value is -1.05. The van der Waals surface area contributed by atoms with Crippen LogP contribution in [0.1, 0.15) is 39.2 Å². The van der Waals surface area contributed by atoms with Gasteiger partial charge in [0.15, 0.2) is 11.6 Å². The number of aliphatic hydroxyl groups excluding tert-OH is 1. The van der Waals surface area contributed by atoms with Gasteiger partial charge < -0.3 is 5.11 Å². The highest BCUT2D eigenvalue weighted by molar-refractivity contribution is 7.89. The van der Waals surface area contributed by atoms with E-state index in [1.165, 1.54) is 0 Å². The van der Waals surface area contributed by atoms with Crippen LogP contribution in [-0.2, 0) is 16.6 Å². The first-order valence-electron chi connectivity index (χ1n) is 6.82. The molecule has 0 bridgehead atoms. The summed E-state index contributed by atoms with van der Waals surface area (Å²) in [6, 6.07) is 1.32. The van der Waals surface area contributed by atoms with E-state index in [0.29, 0.717) is 12.3 Å². The van der Waals surface area contributed by atoms with Gasteiger partial charge in [0.1, 0.15) is 4.90 Å². The lowest BCUT2D eigenvalue weighted by Crippen LogP contribution is -2.34. The molecule has 0 aliphatic carbocycles. The van der Waals surface area contributed by atoms with Gasteiger partial charge in [-0.05, 0) is 37.0 Å². The molecule has 0 amide bonds. The van der Waals surface area contributed by atoms with Crippen molar-refractivity contribution < 1.29 is 22.3 Å². The third-order valence-corrected chi connectivity index (χ3v) is 4.92. The molecule has 2 unspecified atom stereocenters. The van der Waals surface area contributed by atoms with E-state index in [1.54, 1.807) is 6.92 Å². The number of rotatable bonds is 7. The molecule has 0 saturated carbocycles. The molecule has 0 aromatic heterocycles.